The van der Waals surface area contributed by atoms with E-state index < -0.39 is 0 Å². The average Bonchev–Trinajstić information content (AvgIpc) is 2.86. The summed E-state index contributed by atoms with van der Waals surface area (Å²) in [6.45, 7) is 0. The molecule has 1 N–H and O–H groups in total. The Bertz CT molecular complexity index is 319. The van der Waals surface area contributed by atoms with Crippen LogP contribution >= 0.6 is 23.5 Å². The van der Waals surface area contributed by atoms with Gasteiger partial charge in [-0.15, -0.1) is 0 Å². The minimum absolute atomic E-state index is 0.647. The van der Waals surface area contributed by atoms with Crippen molar-refractivity contribution in [2.75, 3.05) is 12.0 Å². The van der Waals surface area contributed by atoms with Gasteiger partial charge in [-0.2, -0.15) is 11.8 Å². The molecule has 3 rings (SSSR count). The monoisotopic (exact) mass is 284 g/mol. The number of fused-ring (bicyclic) bond motifs is 1. The van der Waals surface area contributed by atoms with Gasteiger partial charge >= 0.3 is 0 Å². The van der Waals surface area contributed by atoms with E-state index in [2.05, 4.69) is 11.6 Å². The lowest BCUT2D eigenvalue weighted by molar-refractivity contribution is 0.422. The Morgan fingerprint density at radius 2 is 2.11 bits per heavy atom. The summed E-state index contributed by atoms with van der Waals surface area (Å²) in [5, 5.41) is 5.85. The molecule has 4 unspecified atom stereocenters. The lowest BCUT2D eigenvalue weighted by Crippen LogP contribution is -2.40. The highest BCUT2D eigenvalue weighted by atomic mass is 32.2. The first kappa shape index (κ1) is 13.2. The fourth-order valence-corrected chi connectivity index (χ4v) is 5.55. The molecule has 2 saturated carbocycles. The number of nitrogens with zero attached hydrogens (tertiary/aromatic N) is 1. The Morgan fingerprint density at radius 1 is 1.22 bits per heavy atom. The van der Waals surface area contributed by atoms with Gasteiger partial charge in [0.05, 0.1) is 6.04 Å². The van der Waals surface area contributed by atoms with Crippen molar-refractivity contribution in [1.29, 1.82) is 0 Å². The Hall–Kier alpha value is 0.170. The van der Waals surface area contributed by atoms with Crippen molar-refractivity contribution in [3.05, 3.63) is 0 Å². The molecule has 3 aliphatic rings. The Morgan fingerprint density at radius 3 is 3.00 bits per heavy atom. The summed E-state index contributed by atoms with van der Waals surface area (Å²) in [4.78, 5) is 4.95. The van der Waals surface area contributed by atoms with Crippen molar-refractivity contribution in [1.82, 2.24) is 5.32 Å². The number of thioether (sulfide) groups is 2. The largest absolute Gasteiger partial charge is 0.362 e. The normalized spacial score (nSPS) is 40.2. The van der Waals surface area contributed by atoms with Gasteiger partial charge in [-0.25, -0.2) is 0 Å². The van der Waals surface area contributed by atoms with Crippen LogP contribution in [0.15, 0.2) is 4.99 Å². The summed E-state index contributed by atoms with van der Waals surface area (Å²) in [7, 11) is 0. The van der Waals surface area contributed by atoms with E-state index in [0.29, 0.717) is 12.1 Å². The van der Waals surface area contributed by atoms with Gasteiger partial charge in [0.2, 0.25) is 0 Å². The topological polar surface area (TPSA) is 24.4 Å². The molecule has 0 aromatic carbocycles. The predicted octanol–water partition coefficient (Wildman–Crippen LogP) is 3.52. The maximum atomic E-state index is 4.95. The van der Waals surface area contributed by atoms with Crippen LogP contribution in [0.1, 0.15) is 44.9 Å². The molecule has 4 atom stereocenters. The standard InChI is InChI=1S/C14H24N2S2/c1-17-12-6-3-5-11(8-12)15-14-16-13-7-2-4-10(13)9-18-14/h10-13H,2-9H2,1H3,(H,15,16). The summed E-state index contributed by atoms with van der Waals surface area (Å²) in [6.07, 6.45) is 11.8. The van der Waals surface area contributed by atoms with Crippen molar-refractivity contribution >= 4 is 28.7 Å². The number of hydrogen-bond acceptors (Lipinski definition) is 4. The third kappa shape index (κ3) is 3.01. The fourth-order valence-electron chi connectivity index (χ4n) is 3.50. The second-order valence-electron chi connectivity index (χ2n) is 5.87. The summed E-state index contributed by atoms with van der Waals surface area (Å²) in [6, 6.07) is 1.33. The molecular formula is C14H24N2S2. The predicted molar refractivity (Wildman–Crippen MR) is 83.7 cm³/mol. The van der Waals surface area contributed by atoms with Gasteiger partial charge in [0.1, 0.15) is 0 Å². The first-order valence-corrected chi connectivity index (χ1v) is 9.62. The highest BCUT2D eigenvalue weighted by Crippen LogP contribution is 2.35. The zero-order valence-corrected chi connectivity index (χ0v) is 12.9. The molecule has 2 nitrogen and oxygen atoms in total. The minimum Gasteiger partial charge on any atom is -0.362 e. The van der Waals surface area contributed by atoms with Crippen LogP contribution in [-0.4, -0.2) is 34.5 Å². The maximum Gasteiger partial charge on any atom is 0.157 e. The Kier molecular flexibility index (Phi) is 4.45. The molecule has 0 bridgehead atoms. The molecule has 0 amide bonds. The third-order valence-electron chi connectivity index (χ3n) is 4.62. The van der Waals surface area contributed by atoms with Crippen molar-refractivity contribution < 1.29 is 0 Å². The summed E-state index contributed by atoms with van der Waals surface area (Å²) in [5.41, 5.74) is 0. The van der Waals surface area contributed by atoms with Crippen LogP contribution in [-0.2, 0) is 0 Å². The molecule has 0 aromatic rings. The summed E-state index contributed by atoms with van der Waals surface area (Å²) in [5.74, 6) is 2.18. The van der Waals surface area contributed by atoms with E-state index in [4.69, 9.17) is 4.99 Å². The number of aliphatic imine (C=N–C) groups is 1. The second kappa shape index (κ2) is 6.08. The number of rotatable bonds is 2. The number of amidine groups is 1. The maximum absolute atomic E-state index is 4.95. The first-order chi connectivity index (χ1) is 8.85. The quantitative estimate of drug-likeness (QED) is 0.839. The van der Waals surface area contributed by atoms with Crippen LogP contribution < -0.4 is 5.32 Å². The van der Waals surface area contributed by atoms with Gasteiger partial charge in [-0.05, 0) is 44.3 Å². The lowest BCUT2D eigenvalue weighted by Gasteiger charge is -2.31. The van der Waals surface area contributed by atoms with Gasteiger partial charge in [0, 0.05) is 17.0 Å². The van der Waals surface area contributed by atoms with Crippen LogP contribution in [0.5, 0.6) is 0 Å². The molecule has 2 fully saturated rings. The van der Waals surface area contributed by atoms with E-state index in [0.717, 1.165) is 11.2 Å². The van der Waals surface area contributed by atoms with E-state index in [-0.39, 0.29) is 0 Å². The second-order valence-corrected chi connectivity index (χ2v) is 8.02. The number of hydrogen-bond donors (Lipinski definition) is 1. The molecule has 2 aliphatic carbocycles. The SMILES string of the molecule is CSC1CCCC(NC2=NC3CCCC3CS2)C1. The van der Waals surface area contributed by atoms with Crippen molar-refractivity contribution in [2.24, 2.45) is 10.9 Å². The van der Waals surface area contributed by atoms with E-state index in [1.807, 2.05) is 23.5 Å². The van der Waals surface area contributed by atoms with Gasteiger partial charge in [-0.3, -0.25) is 4.99 Å². The van der Waals surface area contributed by atoms with Gasteiger partial charge in [0.15, 0.2) is 5.17 Å². The third-order valence-corrected chi connectivity index (χ3v) is 6.81. The molecule has 0 aromatic heterocycles. The van der Waals surface area contributed by atoms with Crippen LogP contribution in [0, 0.1) is 5.92 Å². The first-order valence-electron chi connectivity index (χ1n) is 7.35. The lowest BCUT2D eigenvalue weighted by atomic mass is 9.95. The molecule has 0 radical (unpaired) electrons. The average molecular weight is 284 g/mol. The molecular weight excluding hydrogens is 260 g/mol. The summed E-state index contributed by atoms with van der Waals surface area (Å²) >= 11 is 4.01. The van der Waals surface area contributed by atoms with E-state index in [1.54, 1.807) is 0 Å². The van der Waals surface area contributed by atoms with Crippen LogP contribution in [0.4, 0.5) is 0 Å². The highest BCUT2D eigenvalue weighted by Gasteiger charge is 2.32. The smallest absolute Gasteiger partial charge is 0.157 e. The molecule has 18 heavy (non-hydrogen) atoms. The van der Waals surface area contributed by atoms with Crippen molar-refractivity contribution in [3.8, 4) is 0 Å². The summed E-state index contributed by atoms with van der Waals surface area (Å²) < 4.78 is 0. The molecule has 102 valence electrons. The molecule has 1 heterocycles. The van der Waals surface area contributed by atoms with Crippen LogP contribution in [0.25, 0.3) is 0 Å². The zero-order chi connectivity index (χ0) is 12.4. The van der Waals surface area contributed by atoms with Gasteiger partial charge < -0.3 is 5.32 Å². The molecule has 4 heteroatoms. The van der Waals surface area contributed by atoms with E-state index in [1.165, 1.54) is 55.9 Å². The minimum atomic E-state index is 0.647. The van der Waals surface area contributed by atoms with Gasteiger partial charge in [0.25, 0.3) is 0 Å². The van der Waals surface area contributed by atoms with E-state index >= 15 is 0 Å². The molecule has 1 aliphatic heterocycles. The zero-order valence-electron chi connectivity index (χ0n) is 11.2. The number of nitrogens with one attached hydrogen (secondary N) is 1. The van der Waals surface area contributed by atoms with Crippen molar-refractivity contribution in [3.63, 3.8) is 0 Å². The Labute approximate surface area is 119 Å². The molecule has 0 spiro atoms. The molecule has 0 saturated heterocycles. The Balaban J connectivity index is 1.56. The fraction of sp³-hybridized carbons (Fsp3) is 0.929. The highest BCUT2D eigenvalue weighted by molar-refractivity contribution is 8.13. The van der Waals surface area contributed by atoms with Crippen LogP contribution in [0.2, 0.25) is 0 Å². The van der Waals surface area contributed by atoms with Gasteiger partial charge in [-0.1, -0.05) is 24.6 Å². The van der Waals surface area contributed by atoms with Crippen LogP contribution in [0.3, 0.4) is 0 Å². The van der Waals surface area contributed by atoms with E-state index in [9.17, 15) is 0 Å². The van der Waals surface area contributed by atoms with Crippen molar-refractivity contribution in [2.45, 2.75) is 62.3 Å².